The van der Waals surface area contributed by atoms with Gasteiger partial charge in [0, 0.05) is 0 Å². The summed E-state index contributed by atoms with van der Waals surface area (Å²) in [6, 6.07) is 0. The van der Waals surface area contributed by atoms with E-state index >= 15 is 0 Å². The summed E-state index contributed by atoms with van der Waals surface area (Å²) in [5, 5.41) is 10.00. The first-order valence-corrected chi connectivity index (χ1v) is 4.50. The second-order valence-electron chi connectivity index (χ2n) is 3.75. The van der Waals surface area contributed by atoms with Crippen molar-refractivity contribution in [2.24, 2.45) is 5.92 Å². The molecule has 0 saturated carbocycles. The van der Waals surface area contributed by atoms with E-state index in [1.807, 2.05) is 13.8 Å². The second kappa shape index (κ2) is 2.98. The molecule has 0 fully saturated rings. The van der Waals surface area contributed by atoms with Crippen LogP contribution in [0.25, 0.3) is 0 Å². The first kappa shape index (κ1) is 8.79. The molecule has 0 spiro atoms. The molecule has 1 rings (SSSR count). The van der Waals surface area contributed by atoms with Gasteiger partial charge in [-0.25, -0.2) is 0 Å². The molecule has 0 saturated heterocycles. The van der Waals surface area contributed by atoms with Crippen molar-refractivity contribution in [3.63, 3.8) is 0 Å². The molecule has 0 amide bonds. The van der Waals surface area contributed by atoms with Gasteiger partial charge in [0.05, 0.1) is 5.60 Å². The summed E-state index contributed by atoms with van der Waals surface area (Å²) in [4.78, 5) is 0. The highest BCUT2D eigenvalue weighted by molar-refractivity contribution is 5.17. The average molecular weight is 154 g/mol. The van der Waals surface area contributed by atoms with E-state index in [1.165, 1.54) is 5.57 Å². The maximum atomic E-state index is 10.00. The van der Waals surface area contributed by atoms with E-state index in [0.717, 1.165) is 19.3 Å². The molecule has 0 aliphatic heterocycles. The predicted molar refractivity (Wildman–Crippen MR) is 47.4 cm³/mol. The standard InChI is InChI=1S/C10H18O/c1-4-10(11)6-5-8(2)7-9(10)3/h7-8,11H,4-6H2,1-3H3/t8-,10+/m0/s1. The second-order valence-corrected chi connectivity index (χ2v) is 3.75. The number of allylic oxidation sites excluding steroid dienone is 1. The van der Waals surface area contributed by atoms with Gasteiger partial charge in [0.25, 0.3) is 0 Å². The van der Waals surface area contributed by atoms with Gasteiger partial charge < -0.3 is 5.11 Å². The zero-order valence-corrected chi connectivity index (χ0v) is 7.72. The van der Waals surface area contributed by atoms with E-state index in [4.69, 9.17) is 0 Å². The lowest BCUT2D eigenvalue weighted by atomic mass is 9.79. The molecular formula is C10H18O. The number of rotatable bonds is 1. The maximum Gasteiger partial charge on any atom is 0.0851 e. The van der Waals surface area contributed by atoms with E-state index in [0.29, 0.717) is 5.92 Å². The fraction of sp³-hybridized carbons (Fsp3) is 0.800. The third-order valence-corrected chi connectivity index (χ3v) is 2.87. The molecule has 1 heteroatoms. The Hall–Kier alpha value is -0.300. The molecule has 0 heterocycles. The minimum absolute atomic E-state index is 0.480. The zero-order chi connectivity index (χ0) is 8.48. The van der Waals surface area contributed by atoms with Crippen LogP contribution in [0.1, 0.15) is 40.0 Å². The molecule has 0 aromatic heterocycles. The van der Waals surface area contributed by atoms with E-state index in [1.54, 1.807) is 0 Å². The van der Waals surface area contributed by atoms with Gasteiger partial charge in [-0.05, 0) is 37.7 Å². The van der Waals surface area contributed by atoms with Crippen molar-refractivity contribution in [1.82, 2.24) is 0 Å². The lowest BCUT2D eigenvalue weighted by Crippen LogP contribution is -2.32. The molecule has 64 valence electrons. The number of hydrogen-bond donors (Lipinski definition) is 1. The Labute approximate surface area is 69.1 Å². The molecule has 0 aromatic rings. The summed E-state index contributed by atoms with van der Waals surface area (Å²) in [7, 11) is 0. The quantitative estimate of drug-likeness (QED) is 0.575. The van der Waals surface area contributed by atoms with Crippen molar-refractivity contribution in [1.29, 1.82) is 0 Å². The maximum absolute atomic E-state index is 10.00. The van der Waals surface area contributed by atoms with Crippen molar-refractivity contribution in [3.05, 3.63) is 11.6 Å². The fourth-order valence-electron chi connectivity index (χ4n) is 1.78. The molecule has 0 radical (unpaired) electrons. The molecular weight excluding hydrogens is 136 g/mol. The summed E-state index contributed by atoms with van der Waals surface area (Å²) in [6.45, 7) is 6.30. The van der Waals surface area contributed by atoms with Crippen LogP contribution in [0.5, 0.6) is 0 Å². The van der Waals surface area contributed by atoms with Gasteiger partial charge in [0.1, 0.15) is 0 Å². The van der Waals surface area contributed by atoms with Gasteiger partial charge in [0.2, 0.25) is 0 Å². The van der Waals surface area contributed by atoms with Crippen LogP contribution in [0.2, 0.25) is 0 Å². The van der Waals surface area contributed by atoms with Crippen LogP contribution in [0, 0.1) is 5.92 Å². The van der Waals surface area contributed by atoms with Crippen LogP contribution in [0.3, 0.4) is 0 Å². The predicted octanol–water partition coefficient (Wildman–Crippen LogP) is 2.50. The van der Waals surface area contributed by atoms with Crippen molar-refractivity contribution in [3.8, 4) is 0 Å². The third kappa shape index (κ3) is 1.64. The smallest absolute Gasteiger partial charge is 0.0851 e. The normalized spacial score (nSPS) is 38.5. The van der Waals surface area contributed by atoms with Crippen LogP contribution in [0.15, 0.2) is 11.6 Å². The SMILES string of the molecule is CC[C@@]1(O)CC[C@H](C)C=C1C. The molecule has 0 aromatic carbocycles. The molecule has 1 N–H and O–H groups in total. The summed E-state index contributed by atoms with van der Waals surface area (Å²) < 4.78 is 0. The monoisotopic (exact) mass is 154 g/mol. The Morgan fingerprint density at radius 2 is 2.36 bits per heavy atom. The van der Waals surface area contributed by atoms with Gasteiger partial charge in [-0.2, -0.15) is 0 Å². The Balaban J connectivity index is 2.79. The van der Waals surface area contributed by atoms with Crippen LogP contribution >= 0.6 is 0 Å². The van der Waals surface area contributed by atoms with Gasteiger partial charge in [0.15, 0.2) is 0 Å². The molecule has 2 atom stereocenters. The van der Waals surface area contributed by atoms with Gasteiger partial charge in [-0.15, -0.1) is 0 Å². The lowest BCUT2D eigenvalue weighted by Gasteiger charge is -2.33. The first-order chi connectivity index (χ1) is 5.08. The topological polar surface area (TPSA) is 20.2 Å². The van der Waals surface area contributed by atoms with Gasteiger partial charge in [-0.3, -0.25) is 0 Å². The number of aliphatic hydroxyl groups is 1. The summed E-state index contributed by atoms with van der Waals surface area (Å²) in [6.07, 6.45) is 5.11. The average Bonchev–Trinajstić information content (AvgIpc) is 1.98. The Kier molecular flexibility index (Phi) is 2.38. The molecule has 0 bridgehead atoms. The van der Waals surface area contributed by atoms with Gasteiger partial charge >= 0.3 is 0 Å². The van der Waals surface area contributed by atoms with E-state index in [-0.39, 0.29) is 0 Å². The van der Waals surface area contributed by atoms with Crippen molar-refractivity contribution >= 4 is 0 Å². The van der Waals surface area contributed by atoms with Crippen molar-refractivity contribution in [2.75, 3.05) is 0 Å². The lowest BCUT2D eigenvalue weighted by molar-refractivity contribution is 0.0527. The minimum Gasteiger partial charge on any atom is -0.386 e. The van der Waals surface area contributed by atoms with Crippen LogP contribution in [-0.2, 0) is 0 Å². The molecule has 1 aliphatic rings. The Morgan fingerprint density at radius 3 is 2.82 bits per heavy atom. The zero-order valence-electron chi connectivity index (χ0n) is 7.72. The highest BCUT2D eigenvalue weighted by Crippen LogP contribution is 2.33. The summed E-state index contributed by atoms with van der Waals surface area (Å²) >= 11 is 0. The van der Waals surface area contributed by atoms with Crippen LogP contribution < -0.4 is 0 Å². The van der Waals surface area contributed by atoms with Crippen LogP contribution in [-0.4, -0.2) is 10.7 Å². The largest absolute Gasteiger partial charge is 0.386 e. The fourth-order valence-corrected chi connectivity index (χ4v) is 1.78. The number of hydrogen-bond acceptors (Lipinski definition) is 1. The van der Waals surface area contributed by atoms with E-state index in [9.17, 15) is 5.11 Å². The molecule has 1 nitrogen and oxygen atoms in total. The minimum atomic E-state index is -0.480. The molecule has 1 aliphatic carbocycles. The highest BCUT2D eigenvalue weighted by Gasteiger charge is 2.30. The molecule has 0 unspecified atom stereocenters. The van der Waals surface area contributed by atoms with E-state index < -0.39 is 5.60 Å². The van der Waals surface area contributed by atoms with Crippen LogP contribution in [0.4, 0.5) is 0 Å². The first-order valence-electron chi connectivity index (χ1n) is 4.50. The van der Waals surface area contributed by atoms with Crippen molar-refractivity contribution < 1.29 is 5.11 Å². The summed E-state index contributed by atoms with van der Waals surface area (Å²) in [5.41, 5.74) is 0.686. The summed E-state index contributed by atoms with van der Waals surface area (Å²) in [5.74, 6) is 0.654. The van der Waals surface area contributed by atoms with E-state index in [2.05, 4.69) is 13.0 Å². The highest BCUT2D eigenvalue weighted by atomic mass is 16.3. The Bertz CT molecular complexity index is 172. The van der Waals surface area contributed by atoms with Gasteiger partial charge in [-0.1, -0.05) is 19.9 Å². The third-order valence-electron chi connectivity index (χ3n) is 2.87. The molecule has 11 heavy (non-hydrogen) atoms. The Morgan fingerprint density at radius 1 is 1.73 bits per heavy atom. The van der Waals surface area contributed by atoms with Crippen molar-refractivity contribution in [2.45, 2.75) is 45.6 Å².